The van der Waals surface area contributed by atoms with Crippen LogP contribution >= 0.6 is 48.3 Å². The summed E-state index contributed by atoms with van der Waals surface area (Å²) in [6.07, 6.45) is 5.94. The number of thioether (sulfide) groups is 2. The minimum Gasteiger partial charge on any atom is -0.347 e. The van der Waals surface area contributed by atoms with Gasteiger partial charge in [-0.3, -0.25) is 28.8 Å². The van der Waals surface area contributed by atoms with Crippen molar-refractivity contribution in [2.45, 2.75) is 107 Å². The van der Waals surface area contributed by atoms with Gasteiger partial charge in [0.1, 0.15) is 24.2 Å². The van der Waals surface area contributed by atoms with Gasteiger partial charge in [-0.15, -0.1) is 48.3 Å². The molecule has 0 radical (unpaired) electrons. The summed E-state index contributed by atoms with van der Waals surface area (Å²) in [6, 6.07) is 12.3. The van der Waals surface area contributed by atoms with Gasteiger partial charge in [-0.05, 0) is 99.6 Å². The lowest BCUT2D eigenvalue weighted by atomic mass is 9.79. The normalized spacial score (nSPS) is 21.1. The third-order valence-corrected chi connectivity index (χ3v) is 13.9. The number of benzene rings is 2. The van der Waals surface area contributed by atoms with Crippen molar-refractivity contribution in [3.05, 3.63) is 70.8 Å². The number of rotatable bonds is 15. The second-order valence-electron chi connectivity index (χ2n) is 16.0. The number of amides is 5. The Morgan fingerprint density at radius 2 is 1.30 bits per heavy atom. The Morgan fingerprint density at radius 1 is 0.746 bits per heavy atom. The Hall–Kier alpha value is -4.22. The highest BCUT2D eigenvalue weighted by atomic mass is 35.5. The molecule has 0 saturated carbocycles. The fraction of sp³-hybridized carbons (Fsp3) is 0.522. The molecule has 63 heavy (non-hydrogen) atoms. The van der Waals surface area contributed by atoms with Crippen molar-refractivity contribution in [2.75, 3.05) is 43.9 Å². The Morgan fingerprint density at radius 3 is 1.94 bits per heavy atom. The maximum Gasteiger partial charge on any atom is 0.247 e. The van der Waals surface area contributed by atoms with Gasteiger partial charge in [-0.1, -0.05) is 60.4 Å². The number of Topliss-reactive ketones (excluding diaryl/α,β-unsaturated/α-hetero) is 1. The predicted octanol–water partition coefficient (Wildman–Crippen LogP) is 3.49. The largest absolute Gasteiger partial charge is 0.347 e. The van der Waals surface area contributed by atoms with Gasteiger partial charge < -0.3 is 36.4 Å². The third-order valence-electron chi connectivity index (χ3n) is 11.9. The van der Waals surface area contributed by atoms with E-state index in [2.05, 4.69) is 68.5 Å². The highest BCUT2D eigenvalue weighted by molar-refractivity contribution is 7.99. The SMILES string of the molecule is CNCC(=O)N[C@@H](CC#CC#CC[C@H](NC(=O)[C@H](C)NC)C(=O)N1CSC[C@H]1C(=O)N[C@@H]1CCCc2ccccc21)C(=O)N1CSC[C@H]1C(=O)C[C@@H]1CCCc2ccccc21.Cl.Cl. The summed E-state index contributed by atoms with van der Waals surface area (Å²) in [5.41, 5.74) is 4.83. The minimum atomic E-state index is -1.04. The van der Waals surface area contributed by atoms with Crippen LogP contribution < -0.4 is 26.6 Å². The van der Waals surface area contributed by atoms with Gasteiger partial charge in [0.05, 0.1) is 30.4 Å². The van der Waals surface area contributed by atoms with Crippen LogP contribution in [0.2, 0.25) is 0 Å². The summed E-state index contributed by atoms with van der Waals surface area (Å²) < 4.78 is 0. The third kappa shape index (κ3) is 13.4. The summed E-state index contributed by atoms with van der Waals surface area (Å²) >= 11 is 3.00. The van der Waals surface area contributed by atoms with Crippen LogP contribution in [-0.4, -0.2) is 119 Å². The maximum absolute atomic E-state index is 14.1. The van der Waals surface area contributed by atoms with Crippen molar-refractivity contribution in [1.29, 1.82) is 0 Å². The first-order chi connectivity index (χ1) is 29.6. The molecular formula is C46H59Cl2N7O6S2. The van der Waals surface area contributed by atoms with Crippen molar-refractivity contribution in [1.82, 2.24) is 36.4 Å². The summed E-state index contributed by atoms with van der Waals surface area (Å²) in [7, 11) is 3.28. The number of carbonyl (C=O) groups is 6. The lowest BCUT2D eigenvalue weighted by molar-refractivity contribution is -0.141. The van der Waals surface area contributed by atoms with Gasteiger partial charge in [0.15, 0.2) is 5.78 Å². The number of ketones is 1. The van der Waals surface area contributed by atoms with E-state index in [1.165, 1.54) is 45.1 Å². The van der Waals surface area contributed by atoms with Gasteiger partial charge in [0.25, 0.3) is 0 Å². The van der Waals surface area contributed by atoms with E-state index in [9.17, 15) is 28.8 Å². The first kappa shape index (κ1) is 51.4. The number of likely N-dealkylation sites (N-methyl/N-ethyl adjacent to an activating group) is 2. The zero-order chi connectivity index (χ0) is 43.3. The van der Waals surface area contributed by atoms with Crippen LogP contribution in [0.3, 0.4) is 0 Å². The molecule has 0 bridgehead atoms. The van der Waals surface area contributed by atoms with Crippen LogP contribution in [-0.2, 0) is 41.6 Å². The average molecular weight is 941 g/mol. The van der Waals surface area contributed by atoms with Crippen LogP contribution in [0.1, 0.15) is 86.1 Å². The molecular weight excluding hydrogens is 882 g/mol. The van der Waals surface area contributed by atoms with Crippen molar-refractivity contribution in [3.8, 4) is 23.7 Å². The number of hydrogen-bond acceptors (Lipinski definition) is 10. The van der Waals surface area contributed by atoms with Gasteiger partial charge >= 0.3 is 0 Å². The van der Waals surface area contributed by atoms with E-state index in [1.807, 2.05) is 30.3 Å². The summed E-state index contributed by atoms with van der Waals surface area (Å²) in [5, 5.41) is 14.5. The smallest absolute Gasteiger partial charge is 0.247 e. The topological polar surface area (TPSA) is 169 Å². The van der Waals surface area contributed by atoms with Gasteiger partial charge in [-0.2, -0.15) is 0 Å². The standard InChI is InChI=1S/C46H57N7O6S2.2ClH/c1-30(48-3)43(56)51-38(46(59)53-29-61-27-40(53)44(57)50-36-23-13-17-32-15-9-11-20-35(32)36)22-7-5-4-6-21-37(49-42(55)25-47-2)45(58)52-28-60-26-39(52)41(54)24-33-18-12-16-31-14-8-10-19-34(31)33;;/h8-11,14-15,19-20,30,33,36-40,47-48H,12-13,16-18,21-29H2,1-3H3,(H,49,55)(H,50,57)(H,51,56);2*1H/t30-,33-,36+,37-,38-,39-,40-;;/m0../s1. The van der Waals surface area contributed by atoms with E-state index in [0.29, 0.717) is 29.7 Å². The number of nitrogens with one attached hydrogen (secondary N) is 5. The highest BCUT2D eigenvalue weighted by Crippen LogP contribution is 2.36. The van der Waals surface area contributed by atoms with Crippen LogP contribution in [0.25, 0.3) is 0 Å². The number of fused-ring (bicyclic) bond motifs is 2. The Kier molecular flexibility index (Phi) is 20.7. The number of nitrogens with zero attached hydrogens (tertiary/aromatic N) is 2. The number of carbonyl (C=O) groups excluding carboxylic acids is 6. The second-order valence-corrected chi connectivity index (χ2v) is 18.0. The molecule has 4 aliphatic rings. The number of hydrogen-bond donors (Lipinski definition) is 5. The molecule has 0 aromatic heterocycles. The molecule has 0 unspecified atom stereocenters. The van der Waals surface area contributed by atoms with Gasteiger partial charge in [0.2, 0.25) is 29.5 Å². The van der Waals surface area contributed by atoms with E-state index < -0.39 is 36.1 Å². The van der Waals surface area contributed by atoms with Crippen molar-refractivity contribution in [3.63, 3.8) is 0 Å². The molecule has 5 amide bonds. The summed E-state index contributed by atoms with van der Waals surface area (Å²) in [6.45, 7) is 1.68. The molecule has 2 fully saturated rings. The summed E-state index contributed by atoms with van der Waals surface area (Å²) in [4.78, 5) is 84.4. The zero-order valence-electron chi connectivity index (χ0n) is 36.0. The fourth-order valence-corrected chi connectivity index (χ4v) is 10.8. The maximum atomic E-state index is 14.1. The molecule has 13 nitrogen and oxygen atoms in total. The molecule has 2 heterocycles. The van der Waals surface area contributed by atoms with Crippen molar-refractivity contribution >= 4 is 83.7 Å². The van der Waals surface area contributed by atoms with Gasteiger partial charge in [-0.25, -0.2) is 0 Å². The van der Waals surface area contributed by atoms with Crippen LogP contribution in [0, 0.1) is 23.7 Å². The highest BCUT2D eigenvalue weighted by Gasteiger charge is 2.40. The molecule has 2 aromatic carbocycles. The molecule has 17 heteroatoms. The molecule has 2 aliphatic heterocycles. The molecule has 2 saturated heterocycles. The molecule has 6 rings (SSSR count). The Balaban J connectivity index is 0.00000436. The van der Waals surface area contributed by atoms with E-state index in [4.69, 9.17) is 0 Å². The Bertz CT molecular complexity index is 2090. The van der Waals surface area contributed by atoms with Crippen LogP contribution in [0.15, 0.2) is 48.5 Å². The first-order valence-electron chi connectivity index (χ1n) is 21.2. The molecule has 2 aromatic rings. The fourth-order valence-electron chi connectivity index (χ4n) is 8.45. The summed E-state index contributed by atoms with van der Waals surface area (Å²) in [5.74, 6) is 11.2. The van der Waals surface area contributed by atoms with Crippen molar-refractivity contribution in [2.24, 2.45) is 0 Å². The second kappa shape index (κ2) is 25.3. The van der Waals surface area contributed by atoms with E-state index in [0.717, 1.165) is 44.1 Å². The average Bonchev–Trinajstić information content (AvgIpc) is 3.98. The zero-order valence-corrected chi connectivity index (χ0v) is 39.3. The number of aryl methyl sites for hydroxylation is 2. The van der Waals surface area contributed by atoms with Crippen LogP contribution in [0.4, 0.5) is 0 Å². The quantitative estimate of drug-likeness (QED) is 0.167. The molecule has 7 atom stereocenters. The molecule has 340 valence electrons. The predicted molar refractivity (Wildman–Crippen MR) is 254 cm³/mol. The van der Waals surface area contributed by atoms with E-state index >= 15 is 0 Å². The lowest BCUT2D eigenvalue weighted by Gasteiger charge is -2.31. The van der Waals surface area contributed by atoms with E-state index in [1.54, 1.807) is 25.9 Å². The Labute approximate surface area is 392 Å². The molecule has 5 N–H and O–H groups in total. The molecule has 2 aliphatic carbocycles. The lowest BCUT2D eigenvalue weighted by Crippen LogP contribution is -2.56. The van der Waals surface area contributed by atoms with E-state index in [-0.39, 0.29) is 85.6 Å². The monoisotopic (exact) mass is 939 g/mol. The molecule has 0 spiro atoms. The van der Waals surface area contributed by atoms with Crippen molar-refractivity contribution < 1.29 is 28.8 Å². The first-order valence-corrected chi connectivity index (χ1v) is 23.5. The minimum absolute atomic E-state index is 0. The van der Waals surface area contributed by atoms with Gasteiger partial charge in [0, 0.05) is 30.8 Å². The van der Waals surface area contributed by atoms with Crippen LogP contribution in [0.5, 0.6) is 0 Å². The number of halogens is 2.